The van der Waals surface area contributed by atoms with Crippen molar-refractivity contribution in [1.29, 1.82) is 0 Å². The van der Waals surface area contributed by atoms with Gasteiger partial charge in [-0.05, 0) is 0 Å². The minimum Gasteiger partial charge on any atom is -0.384 e. The molecule has 0 N–H and O–H groups in total. The maximum Gasteiger partial charge on any atom is 0.501 e. The Kier molecular flexibility index (Phi) is 5.23. The van der Waals surface area contributed by atoms with Gasteiger partial charge in [-0.15, -0.1) is 0 Å². The Morgan fingerprint density at radius 3 is 1.45 bits per heavy atom. The first-order valence-corrected chi connectivity index (χ1v) is 5.90. The number of halogens is 1. The molecule has 0 atom stereocenters. The highest BCUT2D eigenvalue weighted by Crippen LogP contribution is 2.18. The molecular formula is C5H13ClO4Si. The third-order valence-electron chi connectivity index (χ3n) is 1.27. The lowest BCUT2D eigenvalue weighted by Crippen LogP contribution is -2.49. The number of rotatable bonds is 5. The average molecular weight is 201 g/mol. The van der Waals surface area contributed by atoms with Crippen LogP contribution in [0.15, 0.2) is 0 Å². The van der Waals surface area contributed by atoms with Crippen LogP contribution in [0.5, 0.6) is 0 Å². The lowest BCUT2D eigenvalue weighted by molar-refractivity contribution is -0.0719. The molecular weight excluding hydrogens is 188 g/mol. The van der Waals surface area contributed by atoms with Gasteiger partial charge in [-0.2, -0.15) is 0 Å². The Morgan fingerprint density at radius 2 is 1.36 bits per heavy atom. The van der Waals surface area contributed by atoms with E-state index in [1.54, 1.807) is 0 Å². The first-order chi connectivity index (χ1) is 5.14. The van der Waals surface area contributed by atoms with Crippen molar-refractivity contribution in [2.24, 2.45) is 0 Å². The van der Waals surface area contributed by atoms with Crippen molar-refractivity contribution < 1.29 is 18.3 Å². The van der Waals surface area contributed by atoms with Crippen LogP contribution in [0, 0.1) is 0 Å². The van der Waals surface area contributed by atoms with Crippen molar-refractivity contribution >= 4 is 18.9 Å². The van der Waals surface area contributed by atoms with Crippen LogP contribution in [0.4, 0.5) is 0 Å². The van der Waals surface area contributed by atoms with Gasteiger partial charge in [-0.25, -0.2) is 0 Å². The monoisotopic (exact) mass is 200 g/mol. The van der Waals surface area contributed by atoms with Gasteiger partial charge in [0.25, 0.3) is 0 Å². The van der Waals surface area contributed by atoms with Crippen molar-refractivity contribution in [3.63, 3.8) is 0 Å². The van der Waals surface area contributed by atoms with Crippen molar-refractivity contribution in [3.8, 4) is 0 Å². The quantitative estimate of drug-likeness (QED) is 0.370. The first-order valence-electron chi connectivity index (χ1n) is 2.99. The molecule has 0 aliphatic rings. The van der Waals surface area contributed by atoms with Crippen LogP contribution < -0.4 is 0 Å². The molecule has 0 aliphatic carbocycles. The molecule has 0 aromatic carbocycles. The molecule has 0 heterocycles. The molecule has 0 saturated heterocycles. The third kappa shape index (κ3) is 2.70. The van der Waals surface area contributed by atoms with E-state index < -0.39 is 13.8 Å². The molecule has 0 radical (unpaired) electrons. The topological polar surface area (TPSA) is 36.9 Å². The fourth-order valence-electron chi connectivity index (χ4n) is 0.654. The van der Waals surface area contributed by atoms with Gasteiger partial charge in [-0.3, -0.25) is 0 Å². The molecule has 11 heavy (non-hydrogen) atoms. The molecule has 0 aromatic heterocycles. The zero-order valence-corrected chi connectivity index (χ0v) is 8.84. The summed E-state index contributed by atoms with van der Waals surface area (Å²) in [6.45, 7) is 0. The molecule has 0 rings (SSSR count). The van der Waals surface area contributed by atoms with E-state index in [1.165, 1.54) is 28.4 Å². The Balaban J connectivity index is 4.19. The van der Waals surface area contributed by atoms with Crippen LogP contribution in [0.2, 0.25) is 0 Å². The van der Waals surface area contributed by atoms with E-state index in [4.69, 9.17) is 29.4 Å². The molecule has 0 fully saturated rings. The molecule has 0 spiro atoms. The van der Waals surface area contributed by atoms with Crippen LogP contribution in [0.3, 0.4) is 0 Å². The fourth-order valence-corrected chi connectivity index (χ4v) is 2.30. The number of hydrogen-bond acceptors (Lipinski definition) is 4. The SMILES string of the molecule is COC(OC)[Si](Cl)(OC)OC. The predicted molar refractivity (Wildman–Crippen MR) is 43.4 cm³/mol. The molecule has 0 aliphatic heterocycles. The van der Waals surface area contributed by atoms with Crippen LogP contribution in [-0.2, 0) is 18.3 Å². The molecule has 0 bridgehead atoms. The summed E-state index contributed by atoms with van der Waals surface area (Å²) < 4.78 is 19.7. The Labute approximate surface area is 72.3 Å². The highest BCUT2D eigenvalue weighted by Gasteiger charge is 2.45. The molecule has 6 heteroatoms. The van der Waals surface area contributed by atoms with Crippen molar-refractivity contribution in [2.75, 3.05) is 28.4 Å². The third-order valence-corrected chi connectivity index (χ3v) is 4.87. The second-order valence-corrected chi connectivity index (χ2v) is 5.83. The molecule has 0 aromatic rings. The van der Waals surface area contributed by atoms with Gasteiger partial charge >= 0.3 is 7.87 Å². The van der Waals surface area contributed by atoms with E-state index in [1.807, 2.05) is 0 Å². The van der Waals surface area contributed by atoms with Crippen LogP contribution in [0.1, 0.15) is 0 Å². The Bertz CT molecular complexity index is 105. The maximum atomic E-state index is 5.92. The Morgan fingerprint density at radius 1 is 1.00 bits per heavy atom. The number of hydrogen-bond donors (Lipinski definition) is 0. The first kappa shape index (κ1) is 11.3. The highest BCUT2D eigenvalue weighted by atomic mass is 35.6. The summed E-state index contributed by atoms with van der Waals surface area (Å²) in [6.07, 6.45) is 0. The number of ether oxygens (including phenoxy) is 2. The summed E-state index contributed by atoms with van der Waals surface area (Å²) in [5, 5.41) is 0. The molecule has 0 amide bonds. The summed E-state index contributed by atoms with van der Waals surface area (Å²) >= 11 is 5.92. The van der Waals surface area contributed by atoms with Crippen LogP contribution in [-0.4, -0.2) is 42.2 Å². The van der Waals surface area contributed by atoms with Gasteiger partial charge in [0.1, 0.15) is 0 Å². The second-order valence-electron chi connectivity index (χ2n) is 1.79. The standard InChI is InChI=1S/C5H13ClO4Si/c1-7-5(8-2)11(6,9-3)10-4/h5H,1-4H3. The zero-order chi connectivity index (χ0) is 8.91. The summed E-state index contributed by atoms with van der Waals surface area (Å²) in [5.74, 6) is -0.612. The van der Waals surface area contributed by atoms with Crippen molar-refractivity contribution in [3.05, 3.63) is 0 Å². The van der Waals surface area contributed by atoms with Crippen molar-refractivity contribution in [1.82, 2.24) is 0 Å². The van der Waals surface area contributed by atoms with E-state index in [0.717, 1.165) is 0 Å². The highest BCUT2D eigenvalue weighted by molar-refractivity contribution is 7.13. The Hall–Kier alpha value is 0.347. The fraction of sp³-hybridized carbons (Fsp3) is 1.00. The van der Waals surface area contributed by atoms with Gasteiger partial charge in [0.05, 0.1) is 0 Å². The van der Waals surface area contributed by atoms with Gasteiger partial charge in [-0.1, -0.05) is 11.1 Å². The smallest absolute Gasteiger partial charge is 0.384 e. The average Bonchev–Trinajstić information content (AvgIpc) is 2.06. The van der Waals surface area contributed by atoms with Gasteiger partial charge in [0.15, 0.2) is 0 Å². The van der Waals surface area contributed by atoms with Crippen molar-refractivity contribution in [2.45, 2.75) is 5.91 Å². The summed E-state index contributed by atoms with van der Waals surface area (Å²) in [6, 6.07) is 0. The van der Waals surface area contributed by atoms with E-state index in [-0.39, 0.29) is 0 Å². The normalized spacial score (nSPS) is 12.5. The summed E-state index contributed by atoms with van der Waals surface area (Å²) in [4.78, 5) is 0. The zero-order valence-electron chi connectivity index (χ0n) is 7.09. The van der Waals surface area contributed by atoms with E-state index >= 15 is 0 Å². The summed E-state index contributed by atoms with van der Waals surface area (Å²) in [7, 11) is 3.10. The molecule has 4 nitrogen and oxygen atoms in total. The lowest BCUT2D eigenvalue weighted by Gasteiger charge is -2.26. The molecule has 0 saturated carbocycles. The van der Waals surface area contributed by atoms with Gasteiger partial charge in [0, 0.05) is 28.4 Å². The van der Waals surface area contributed by atoms with E-state index in [2.05, 4.69) is 0 Å². The van der Waals surface area contributed by atoms with Crippen LogP contribution in [0.25, 0.3) is 0 Å². The molecule has 0 unspecified atom stereocenters. The predicted octanol–water partition coefficient (Wildman–Crippen LogP) is 0.615. The van der Waals surface area contributed by atoms with E-state index in [9.17, 15) is 0 Å². The lowest BCUT2D eigenvalue weighted by atomic mass is 11.3. The maximum absolute atomic E-state index is 5.92. The number of methoxy groups -OCH3 is 2. The molecule has 68 valence electrons. The second kappa shape index (κ2) is 5.07. The largest absolute Gasteiger partial charge is 0.501 e. The van der Waals surface area contributed by atoms with Gasteiger partial charge in [0.2, 0.25) is 5.91 Å². The van der Waals surface area contributed by atoms with Gasteiger partial charge < -0.3 is 18.3 Å². The van der Waals surface area contributed by atoms with E-state index in [0.29, 0.717) is 0 Å². The summed E-state index contributed by atoms with van der Waals surface area (Å²) in [5.41, 5.74) is 0. The van der Waals surface area contributed by atoms with Crippen LogP contribution >= 0.6 is 11.1 Å². The minimum atomic E-state index is -2.80. The minimum absolute atomic E-state index is 0.612.